The fourth-order valence-corrected chi connectivity index (χ4v) is 4.96. The van der Waals surface area contributed by atoms with Gasteiger partial charge in [0.05, 0.1) is 41.7 Å². The van der Waals surface area contributed by atoms with E-state index in [2.05, 4.69) is 17.0 Å². The van der Waals surface area contributed by atoms with Crippen LogP contribution in [0, 0.1) is 0 Å². The van der Waals surface area contributed by atoms with Gasteiger partial charge in [-0.25, -0.2) is 0 Å². The Balaban J connectivity index is 1.79. The Bertz CT molecular complexity index is 1280. The maximum absolute atomic E-state index is 13.8. The van der Waals surface area contributed by atoms with E-state index in [4.69, 9.17) is 18.9 Å². The maximum Gasteiger partial charge on any atom is 0.203 e. The minimum absolute atomic E-state index is 0.0752. The SMILES string of the molecule is COc1cc(/C=C2\CN(Cc3ccccc3)C/C(=C\c3cc(OC)c(OC)c(OC)c3)C2=O)cc(CO)c1CO. The maximum atomic E-state index is 13.8. The third kappa shape index (κ3) is 6.37. The molecule has 8 nitrogen and oxygen atoms in total. The molecule has 0 atom stereocenters. The average molecular weight is 546 g/mol. The molecule has 1 fully saturated rings. The molecule has 3 aromatic rings. The lowest BCUT2D eigenvalue weighted by Gasteiger charge is -2.30. The molecule has 0 unspecified atom stereocenters. The summed E-state index contributed by atoms with van der Waals surface area (Å²) in [5.41, 5.74) is 4.88. The van der Waals surface area contributed by atoms with Crippen LogP contribution in [0.2, 0.25) is 0 Å². The summed E-state index contributed by atoms with van der Waals surface area (Å²) in [6.45, 7) is 1.03. The van der Waals surface area contributed by atoms with E-state index >= 15 is 0 Å². The highest BCUT2D eigenvalue weighted by Crippen LogP contribution is 2.39. The number of likely N-dealkylation sites (tertiary alicyclic amines) is 1. The lowest BCUT2D eigenvalue weighted by Crippen LogP contribution is -2.37. The second-order valence-corrected chi connectivity index (χ2v) is 9.43. The predicted molar refractivity (Wildman–Crippen MR) is 154 cm³/mol. The highest BCUT2D eigenvalue weighted by Gasteiger charge is 2.27. The summed E-state index contributed by atoms with van der Waals surface area (Å²) in [6.07, 6.45) is 3.68. The molecule has 0 spiro atoms. The predicted octanol–water partition coefficient (Wildman–Crippen LogP) is 4.26. The van der Waals surface area contributed by atoms with Crippen LogP contribution >= 0.6 is 0 Å². The van der Waals surface area contributed by atoms with Gasteiger partial charge in [-0.2, -0.15) is 0 Å². The Kier molecular flexibility index (Phi) is 9.60. The quantitative estimate of drug-likeness (QED) is 0.365. The van der Waals surface area contributed by atoms with Crippen LogP contribution in [-0.4, -0.2) is 62.4 Å². The molecule has 0 radical (unpaired) electrons. The number of ether oxygens (including phenoxy) is 4. The van der Waals surface area contributed by atoms with Gasteiger partial charge < -0.3 is 29.2 Å². The minimum atomic E-state index is -0.263. The molecule has 210 valence electrons. The van der Waals surface area contributed by atoms with E-state index in [1.165, 1.54) is 7.11 Å². The number of piperidine rings is 1. The van der Waals surface area contributed by atoms with Crippen molar-refractivity contribution in [2.24, 2.45) is 0 Å². The van der Waals surface area contributed by atoms with Crippen molar-refractivity contribution in [1.82, 2.24) is 4.90 Å². The summed E-state index contributed by atoms with van der Waals surface area (Å²) in [5.74, 6) is 1.86. The first-order chi connectivity index (χ1) is 19.4. The number of rotatable bonds is 10. The molecule has 1 aliphatic heterocycles. The topological polar surface area (TPSA) is 97.7 Å². The molecule has 2 N–H and O–H groups in total. The Morgan fingerprint density at radius 2 is 1.30 bits per heavy atom. The van der Waals surface area contributed by atoms with E-state index in [0.717, 1.165) is 11.1 Å². The van der Waals surface area contributed by atoms with Gasteiger partial charge in [0.2, 0.25) is 5.75 Å². The fraction of sp³-hybridized carbons (Fsp3) is 0.281. The van der Waals surface area contributed by atoms with E-state index < -0.39 is 0 Å². The van der Waals surface area contributed by atoms with Crippen molar-refractivity contribution >= 4 is 17.9 Å². The normalized spacial score (nSPS) is 15.9. The Morgan fingerprint density at radius 3 is 1.80 bits per heavy atom. The minimum Gasteiger partial charge on any atom is -0.496 e. The average Bonchev–Trinajstić information content (AvgIpc) is 2.98. The molecule has 1 aliphatic rings. The Hall–Kier alpha value is -4.11. The molecule has 1 saturated heterocycles. The zero-order valence-corrected chi connectivity index (χ0v) is 23.3. The lowest BCUT2D eigenvalue weighted by molar-refractivity contribution is -0.113. The van der Waals surface area contributed by atoms with Crippen molar-refractivity contribution in [1.29, 1.82) is 0 Å². The summed E-state index contributed by atoms with van der Waals surface area (Å²) in [6, 6.07) is 17.3. The number of carbonyl (C=O) groups is 1. The van der Waals surface area contributed by atoms with Crippen molar-refractivity contribution in [2.75, 3.05) is 41.5 Å². The van der Waals surface area contributed by atoms with Crippen LogP contribution < -0.4 is 18.9 Å². The van der Waals surface area contributed by atoms with Gasteiger partial charge in [-0.05, 0) is 58.7 Å². The Labute approximate surface area is 234 Å². The molecule has 0 aromatic heterocycles. The molecule has 0 bridgehead atoms. The van der Waals surface area contributed by atoms with Crippen molar-refractivity contribution in [3.63, 3.8) is 0 Å². The molecule has 4 rings (SSSR count). The number of benzene rings is 3. The third-order valence-corrected chi connectivity index (χ3v) is 6.86. The second kappa shape index (κ2) is 13.3. The van der Waals surface area contributed by atoms with Gasteiger partial charge in [0, 0.05) is 36.3 Å². The monoisotopic (exact) mass is 545 g/mol. The number of hydrogen-bond acceptors (Lipinski definition) is 8. The molecular weight excluding hydrogens is 510 g/mol. The van der Waals surface area contributed by atoms with E-state index in [1.807, 2.05) is 42.5 Å². The molecule has 40 heavy (non-hydrogen) atoms. The van der Waals surface area contributed by atoms with Crippen LogP contribution in [0.1, 0.15) is 27.8 Å². The van der Waals surface area contributed by atoms with Crippen LogP contribution in [0.25, 0.3) is 12.2 Å². The smallest absolute Gasteiger partial charge is 0.203 e. The summed E-state index contributed by atoms with van der Waals surface area (Å²) >= 11 is 0. The summed E-state index contributed by atoms with van der Waals surface area (Å²) in [4.78, 5) is 16.0. The van der Waals surface area contributed by atoms with Crippen molar-refractivity contribution in [2.45, 2.75) is 19.8 Å². The molecule has 0 saturated carbocycles. The first-order valence-electron chi connectivity index (χ1n) is 12.9. The van der Waals surface area contributed by atoms with E-state index in [-0.39, 0.29) is 19.0 Å². The summed E-state index contributed by atoms with van der Waals surface area (Å²) in [7, 11) is 6.17. The number of ketones is 1. The van der Waals surface area contributed by atoms with Gasteiger partial charge in [-0.15, -0.1) is 0 Å². The first-order valence-corrected chi connectivity index (χ1v) is 12.9. The lowest BCUT2D eigenvalue weighted by atomic mass is 9.93. The van der Waals surface area contributed by atoms with Crippen LogP contribution in [0.4, 0.5) is 0 Å². The van der Waals surface area contributed by atoms with Gasteiger partial charge in [0.1, 0.15) is 5.75 Å². The molecule has 1 heterocycles. The van der Waals surface area contributed by atoms with Crippen molar-refractivity contribution in [3.8, 4) is 23.0 Å². The van der Waals surface area contributed by atoms with Gasteiger partial charge >= 0.3 is 0 Å². The third-order valence-electron chi connectivity index (χ3n) is 6.86. The van der Waals surface area contributed by atoms with E-state index in [0.29, 0.717) is 70.5 Å². The van der Waals surface area contributed by atoms with Crippen LogP contribution in [0.15, 0.2) is 65.7 Å². The van der Waals surface area contributed by atoms with Crippen LogP contribution in [0.3, 0.4) is 0 Å². The van der Waals surface area contributed by atoms with Crippen molar-refractivity contribution < 1.29 is 34.0 Å². The number of hydrogen-bond donors (Lipinski definition) is 2. The molecule has 8 heteroatoms. The number of Topliss-reactive ketones (excluding diaryl/α,β-unsaturated/α-hetero) is 1. The number of nitrogens with zero attached hydrogens (tertiary/aromatic N) is 1. The summed E-state index contributed by atoms with van der Waals surface area (Å²) in [5, 5.41) is 19.7. The van der Waals surface area contributed by atoms with Crippen LogP contribution in [-0.2, 0) is 24.6 Å². The van der Waals surface area contributed by atoms with Crippen molar-refractivity contribution in [3.05, 3.63) is 93.6 Å². The standard InChI is InChI=1S/C32H35NO7/c1-37-28-13-22(12-26(19-34)27(28)20-35)10-24-17-33(16-21-8-6-5-7-9-21)18-25(31(24)36)11-23-14-29(38-2)32(40-4)30(15-23)39-3/h5-15,34-35H,16-20H2,1-4H3/b24-10+,25-11+. The fourth-order valence-electron chi connectivity index (χ4n) is 4.96. The first kappa shape index (κ1) is 28.9. The van der Waals surface area contributed by atoms with E-state index in [1.54, 1.807) is 33.5 Å². The van der Waals surface area contributed by atoms with Gasteiger partial charge in [-0.3, -0.25) is 9.69 Å². The van der Waals surface area contributed by atoms with Crippen LogP contribution in [0.5, 0.6) is 23.0 Å². The highest BCUT2D eigenvalue weighted by molar-refractivity contribution is 6.14. The number of methoxy groups -OCH3 is 4. The Morgan fingerprint density at radius 1 is 0.750 bits per heavy atom. The second-order valence-electron chi connectivity index (χ2n) is 9.43. The van der Waals surface area contributed by atoms with Gasteiger partial charge in [-0.1, -0.05) is 30.3 Å². The van der Waals surface area contributed by atoms with E-state index in [9.17, 15) is 15.0 Å². The molecule has 0 amide bonds. The molecule has 3 aromatic carbocycles. The number of carbonyl (C=O) groups excluding carboxylic acids is 1. The molecule has 0 aliphatic carbocycles. The summed E-state index contributed by atoms with van der Waals surface area (Å²) < 4.78 is 21.9. The van der Waals surface area contributed by atoms with Gasteiger partial charge in [0.25, 0.3) is 0 Å². The zero-order valence-electron chi connectivity index (χ0n) is 23.3. The largest absolute Gasteiger partial charge is 0.496 e. The number of aliphatic hydroxyl groups is 2. The highest BCUT2D eigenvalue weighted by atomic mass is 16.5. The molecular formula is C32H35NO7. The zero-order chi connectivity index (χ0) is 28.6. The van der Waals surface area contributed by atoms with Gasteiger partial charge in [0.15, 0.2) is 17.3 Å². The number of aliphatic hydroxyl groups excluding tert-OH is 2.